The number of esters is 1. The van der Waals surface area contributed by atoms with Gasteiger partial charge in [0, 0.05) is 13.1 Å². The maximum absolute atomic E-state index is 11.5. The van der Waals surface area contributed by atoms with Crippen LogP contribution in [0.15, 0.2) is 12.1 Å². The molecule has 100 valence electrons. The Morgan fingerprint density at radius 1 is 1.50 bits per heavy atom. The van der Waals surface area contributed by atoms with E-state index in [-0.39, 0.29) is 5.69 Å². The molecule has 0 aromatic carbocycles. The number of nitrogens with zero attached hydrogens (tertiary/aromatic N) is 2. The average Bonchev–Trinajstić information content (AvgIpc) is 2.35. The molecule has 18 heavy (non-hydrogen) atoms. The van der Waals surface area contributed by atoms with Crippen LogP contribution < -0.4 is 10.6 Å². The Morgan fingerprint density at radius 3 is 2.67 bits per heavy atom. The van der Waals surface area contributed by atoms with Crippen LogP contribution in [-0.4, -0.2) is 31.2 Å². The molecule has 5 heteroatoms. The zero-order valence-electron chi connectivity index (χ0n) is 11.4. The quantitative estimate of drug-likeness (QED) is 0.810. The normalized spacial score (nSPS) is 10.5. The molecule has 0 saturated carbocycles. The molecule has 0 bridgehead atoms. The first-order valence-corrected chi connectivity index (χ1v) is 6.09. The van der Waals surface area contributed by atoms with Crippen molar-refractivity contribution in [3.05, 3.63) is 17.8 Å². The van der Waals surface area contributed by atoms with Crippen molar-refractivity contribution in [2.24, 2.45) is 5.92 Å². The van der Waals surface area contributed by atoms with Gasteiger partial charge in [-0.2, -0.15) is 0 Å². The van der Waals surface area contributed by atoms with E-state index in [1.165, 1.54) is 7.11 Å². The minimum atomic E-state index is -0.447. The fourth-order valence-corrected chi connectivity index (χ4v) is 1.74. The van der Waals surface area contributed by atoms with Crippen LogP contribution in [0, 0.1) is 5.92 Å². The standard InChI is InChI=1S/C13H21N3O2/c1-5-16(8-9(2)3)12-10(14)6-7-11(15-12)13(17)18-4/h6-7,9H,5,8,14H2,1-4H3. The molecule has 1 rings (SSSR count). The number of ether oxygens (including phenoxy) is 1. The van der Waals surface area contributed by atoms with E-state index in [9.17, 15) is 4.79 Å². The lowest BCUT2D eigenvalue weighted by Crippen LogP contribution is -2.29. The topological polar surface area (TPSA) is 68.5 Å². The third kappa shape index (κ3) is 3.35. The van der Waals surface area contributed by atoms with Crippen molar-refractivity contribution in [2.75, 3.05) is 30.8 Å². The molecule has 0 spiro atoms. The zero-order valence-corrected chi connectivity index (χ0v) is 11.4. The number of hydrogen-bond acceptors (Lipinski definition) is 5. The van der Waals surface area contributed by atoms with E-state index in [0.717, 1.165) is 13.1 Å². The second-order valence-corrected chi connectivity index (χ2v) is 4.53. The van der Waals surface area contributed by atoms with Crippen molar-refractivity contribution >= 4 is 17.5 Å². The van der Waals surface area contributed by atoms with Crippen LogP contribution in [-0.2, 0) is 4.74 Å². The Balaban J connectivity index is 3.08. The first kappa shape index (κ1) is 14.3. The van der Waals surface area contributed by atoms with Gasteiger partial charge in [-0.1, -0.05) is 13.8 Å². The molecular formula is C13H21N3O2. The molecule has 0 aliphatic heterocycles. The number of hydrogen-bond donors (Lipinski definition) is 1. The molecule has 1 heterocycles. The Labute approximate surface area is 108 Å². The van der Waals surface area contributed by atoms with Crippen LogP contribution in [0.2, 0.25) is 0 Å². The van der Waals surface area contributed by atoms with Gasteiger partial charge >= 0.3 is 5.97 Å². The number of nitrogens with two attached hydrogens (primary N) is 1. The molecule has 0 radical (unpaired) electrons. The van der Waals surface area contributed by atoms with Gasteiger partial charge in [0.25, 0.3) is 0 Å². The first-order valence-electron chi connectivity index (χ1n) is 6.09. The summed E-state index contributed by atoms with van der Waals surface area (Å²) in [6.07, 6.45) is 0. The molecule has 0 amide bonds. The number of carbonyl (C=O) groups excluding carboxylic acids is 1. The smallest absolute Gasteiger partial charge is 0.356 e. The van der Waals surface area contributed by atoms with Crippen LogP contribution in [0.3, 0.4) is 0 Å². The molecule has 0 saturated heterocycles. The summed E-state index contributed by atoms with van der Waals surface area (Å²) in [5.41, 5.74) is 6.78. The van der Waals surface area contributed by atoms with E-state index in [4.69, 9.17) is 5.73 Å². The second-order valence-electron chi connectivity index (χ2n) is 4.53. The highest BCUT2D eigenvalue weighted by molar-refractivity contribution is 5.88. The van der Waals surface area contributed by atoms with E-state index >= 15 is 0 Å². The second kappa shape index (κ2) is 6.23. The average molecular weight is 251 g/mol. The minimum Gasteiger partial charge on any atom is -0.464 e. The summed E-state index contributed by atoms with van der Waals surface area (Å²) in [6, 6.07) is 3.27. The lowest BCUT2D eigenvalue weighted by Gasteiger charge is -2.25. The van der Waals surface area contributed by atoms with Gasteiger partial charge in [0.05, 0.1) is 12.8 Å². The summed E-state index contributed by atoms with van der Waals surface area (Å²) in [7, 11) is 1.34. The third-order valence-corrected chi connectivity index (χ3v) is 2.57. The van der Waals surface area contributed by atoms with Gasteiger partial charge in [-0.25, -0.2) is 9.78 Å². The summed E-state index contributed by atoms with van der Waals surface area (Å²) in [6.45, 7) is 7.93. The maximum atomic E-state index is 11.5. The highest BCUT2D eigenvalue weighted by atomic mass is 16.5. The van der Waals surface area contributed by atoms with Crippen LogP contribution in [0.4, 0.5) is 11.5 Å². The fourth-order valence-electron chi connectivity index (χ4n) is 1.74. The number of rotatable bonds is 5. The zero-order chi connectivity index (χ0) is 13.7. The van der Waals surface area contributed by atoms with E-state index in [1.54, 1.807) is 12.1 Å². The molecule has 0 atom stereocenters. The largest absolute Gasteiger partial charge is 0.464 e. The Hall–Kier alpha value is -1.78. The van der Waals surface area contributed by atoms with Gasteiger partial charge in [-0.15, -0.1) is 0 Å². The van der Waals surface area contributed by atoms with Crippen molar-refractivity contribution in [3.8, 4) is 0 Å². The number of anilines is 2. The number of carbonyl (C=O) groups is 1. The van der Waals surface area contributed by atoms with E-state index in [2.05, 4.69) is 28.5 Å². The summed E-state index contributed by atoms with van der Waals surface area (Å²) < 4.78 is 4.66. The maximum Gasteiger partial charge on any atom is 0.356 e. The Kier molecular flexibility index (Phi) is 4.95. The molecule has 0 aliphatic carbocycles. The van der Waals surface area contributed by atoms with Gasteiger partial charge < -0.3 is 15.4 Å². The molecule has 1 aromatic rings. The molecule has 0 aliphatic rings. The predicted molar refractivity (Wildman–Crippen MR) is 72.7 cm³/mol. The number of methoxy groups -OCH3 is 1. The highest BCUT2D eigenvalue weighted by Crippen LogP contribution is 2.22. The van der Waals surface area contributed by atoms with Gasteiger partial charge in [0.15, 0.2) is 11.5 Å². The monoisotopic (exact) mass is 251 g/mol. The van der Waals surface area contributed by atoms with Crippen molar-refractivity contribution in [3.63, 3.8) is 0 Å². The number of pyridine rings is 1. The number of nitrogen functional groups attached to an aromatic ring is 1. The number of aromatic nitrogens is 1. The van der Waals surface area contributed by atoms with Crippen molar-refractivity contribution < 1.29 is 9.53 Å². The minimum absolute atomic E-state index is 0.281. The van der Waals surface area contributed by atoms with Gasteiger partial charge in [-0.05, 0) is 25.0 Å². The van der Waals surface area contributed by atoms with Crippen LogP contribution in [0.25, 0.3) is 0 Å². The lowest BCUT2D eigenvalue weighted by atomic mass is 10.2. The lowest BCUT2D eigenvalue weighted by molar-refractivity contribution is 0.0594. The van der Waals surface area contributed by atoms with Crippen molar-refractivity contribution in [1.29, 1.82) is 0 Å². The predicted octanol–water partition coefficient (Wildman–Crippen LogP) is 1.93. The summed E-state index contributed by atoms with van der Waals surface area (Å²) in [5, 5.41) is 0. The van der Waals surface area contributed by atoms with Gasteiger partial charge in [0.2, 0.25) is 0 Å². The van der Waals surface area contributed by atoms with Gasteiger partial charge in [0.1, 0.15) is 0 Å². The molecular weight excluding hydrogens is 230 g/mol. The molecule has 5 nitrogen and oxygen atoms in total. The van der Waals surface area contributed by atoms with Crippen LogP contribution in [0.5, 0.6) is 0 Å². The summed E-state index contributed by atoms with van der Waals surface area (Å²) in [5.74, 6) is 0.693. The third-order valence-electron chi connectivity index (χ3n) is 2.57. The Bertz CT molecular complexity index is 419. The first-order chi connectivity index (χ1) is 8.49. The highest BCUT2D eigenvalue weighted by Gasteiger charge is 2.15. The van der Waals surface area contributed by atoms with E-state index in [1.807, 2.05) is 6.92 Å². The van der Waals surface area contributed by atoms with E-state index in [0.29, 0.717) is 17.4 Å². The molecule has 1 aromatic heterocycles. The van der Waals surface area contributed by atoms with Crippen molar-refractivity contribution in [2.45, 2.75) is 20.8 Å². The summed E-state index contributed by atoms with van der Waals surface area (Å²) >= 11 is 0. The molecule has 2 N–H and O–H groups in total. The SMILES string of the molecule is CCN(CC(C)C)c1nc(C(=O)OC)ccc1N. The molecule has 0 fully saturated rings. The molecule has 0 unspecified atom stereocenters. The van der Waals surface area contributed by atoms with Crippen LogP contribution in [0.1, 0.15) is 31.3 Å². The summed E-state index contributed by atoms with van der Waals surface area (Å²) in [4.78, 5) is 17.8. The van der Waals surface area contributed by atoms with Crippen molar-refractivity contribution in [1.82, 2.24) is 4.98 Å². The fraction of sp³-hybridized carbons (Fsp3) is 0.538. The van der Waals surface area contributed by atoms with E-state index < -0.39 is 5.97 Å². The Morgan fingerprint density at radius 2 is 2.17 bits per heavy atom. The van der Waals surface area contributed by atoms with Gasteiger partial charge in [-0.3, -0.25) is 0 Å². The van der Waals surface area contributed by atoms with Crippen LogP contribution >= 0.6 is 0 Å².